The van der Waals surface area contributed by atoms with Crippen LogP contribution in [0.25, 0.3) is 22.4 Å². The van der Waals surface area contributed by atoms with E-state index in [0.717, 1.165) is 5.69 Å². The Balaban J connectivity index is 1.45. The molecule has 10 heteroatoms. The van der Waals surface area contributed by atoms with Crippen LogP contribution in [0.1, 0.15) is 17.3 Å². The minimum atomic E-state index is -0.375. The number of rotatable bonds is 6. The second kappa shape index (κ2) is 7.88. The van der Waals surface area contributed by atoms with Gasteiger partial charge in [-0.15, -0.1) is 0 Å². The third-order valence-electron chi connectivity index (χ3n) is 4.61. The smallest absolute Gasteiger partial charge is 0.278 e. The molecule has 0 bridgehead atoms. The summed E-state index contributed by atoms with van der Waals surface area (Å²) in [4.78, 5) is 25.1. The van der Waals surface area contributed by atoms with Crippen LogP contribution >= 0.6 is 11.8 Å². The zero-order valence-electron chi connectivity index (χ0n) is 16.3. The number of H-pyrrole nitrogens is 1. The topological polar surface area (TPSA) is 103 Å². The van der Waals surface area contributed by atoms with Gasteiger partial charge in [0.1, 0.15) is 17.1 Å². The number of nitrogens with zero attached hydrogens (tertiary/aromatic N) is 4. The first kappa shape index (κ1) is 19.3. The molecule has 5 aromatic rings. The van der Waals surface area contributed by atoms with Gasteiger partial charge >= 0.3 is 0 Å². The summed E-state index contributed by atoms with van der Waals surface area (Å²) < 4.78 is 25.7. The second-order valence-corrected chi connectivity index (χ2v) is 7.83. The highest BCUT2D eigenvalue weighted by atomic mass is 32.2. The molecule has 4 aromatic heterocycles. The fourth-order valence-corrected chi connectivity index (χ4v) is 4.04. The normalized spacial score (nSPS) is 11.4. The van der Waals surface area contributed by atoms with Gasteiger partial charge in [0.05, 0.1) is 24.1 Å². The molecule has 8 nitrogen and oxygen atoms in total. The van der Waals surface area contributed by atoms with Crippen molar-refractivity contribution in [3.8, 4) is 11.4 Å². The number of aromatic amines is 1. The van der Waals surface area contributed by atoms with Crippen molar-refractivity contribution in [1.82, 2.24) is 24.7 Å². The molecule has 4 heterocycles. The molecule has 0 atom stereocenters. The molecule has 0 saturated carbocycles. The number of hydrogen-bond donors (Lipinski definition) is 1. The number of hydrogen-bond acceptors (Lipinski definition) is 7. The Morgan fingerprint density at radius 2 is 2.10 bits per heavy atom. The van der Waals surface area contributed by atoms with Crippen molar-refractivity contribution in [1.29, 1.82) is 0 Å². The van der Waals surface area contributed by atoms with Crippen LogP contribution in [-0.4, -0.2) is 24.7 Å². The minimum Gasteiger partial charge on any atom is -0.467 e. The summed E-state index contributed by atoms with van der Waals surface area (Å²) in [5.74, 6) is 1.20. The van der Waals surface area contributed by atoms with Crippen LogP contribution in [0.4, 0.5) is 4.39 Å². The fourth-order valence-electron chi connectivity index (χ4n) is 3.20. The molecule has 0 spiro atoms. The zero-order chi connectivity index (χ0) is 21.4. The first-order valence-corrected chi connectivity index (χ1v) is 10.4. The highest BCUT2D eigenvalue weighted by molar-refractivity contribution is 7.98. The van der Waals surface area contributed by atoms with Gasteiger partial charge in [-0.1, -0.05) is 29.1 Å². The number of nitrogens with one attached hydrogen (secondary N) is 1. The number of aryl methyl sites for hydroxylation is 1. The van der Waals surface area contributed by atoms with Crippen molar-refractivity contribution in [2.75, 3.05) is 0 Å². The van der Waals surface area contributed by atoms with Crippen LogP contribution < -0.4 is 5.56 Å². The molecular formula is C21H16FN5O3S. The maximum absolute atomic E-state index is 13.5. The van der Waals surface area contributed by atoms with E-state index in [1.165, 1.54) is 23.9 Å². The molecule has 0 fully saturated rings. The number of halogens is 1. The Morgan fingerprint density at radius 1 is 1.19 bits per heavy atom. The molecule has 156 valence electrons. The van der Waals surface area contributed by atoms with E-state index in [-0.39, 0.29) is 17.9 Å². The molecule has 1 N–H and O–H groups in total. The first-order valence-electron chi connectivity index (χ1n) is 9.41. The molecular weight excluding hydrogens is 421 g/mol. The monoisotopic (exact) mass is 437 g/mol. The van der Waals surface area contributed by atoms with Crippen molar-refractivity contribution in [3.05, 3.63) is 82.2 Å². The summed E-state index contributed by atoms with van der Waals surface area (Å²) in [5, 5.41) is 4.42. The summed E-state index contributed by atoms with van der Waals surface area (Å²) in [6, 6.07) is 11.4. The largest absolute Gasteiger partial charge is 0.467 e. The highest BCUT2D eigenvalue weighted by Gasteiger charge is 2.17. The molecule has 0 aliphatic carbocycles. The number of thioether (sulfide) groups is 1. The Bertz CT molecular complexity index is 1420. The number of fused-ring (bicyclic) bond motifs is 1. The molecule has 5 rings (SSSR count). The fraction of sp³-hybridized carbons (Fsp3) is 0.143. The lowest BCUT2D eigenvalue weighted by molar-refractivity contribution is 0.391. The van der Waals surface area contributed by atoms with Gasteiger partial charge in [-0.05, 0) is 37.3 Å². The van der Waals surface area contributed by atoms with E-state index in [1.807, 2.05) is 13.0 Å². The average molecular weight is 437 g/mol. The Morgan fingerprint density at radius 3 is 2.90 bits per heavy atom. The predicted octanol–water partition coefficient (Wildman–Crippen LogP) is 4.16. The van der Waals surface area contributed by atoms with E-state index in [4.69, 9.17) is 8.94 Å². The molecule has 0 aliphatic heterocycles. The zero-order valence-corrected chi connectivity index (χ0v) is 17.1. The lowest BCUT2D eigenvalue weighted by atomic mass is 10.2. The van der Waals surface area contributed by atoms with Crippen molar-refractivity contribution in [2.24, 2.45) is 0 Å². The van der Waals surface area contributed by atoms with Crippen molar-refractivity contribution in [3.63, 3.8) is 0 Å². The van der Waals surface area contributed by atoms with Crippen LogP contribution in [0.15, 0.2) is 67.6 Å². The maximum Gasteiger partial charge on any atom is 0.278 e. The standard InChI is InChI=1S/C21H16FN5O3S/c1-12-8-16-18(23-12)20(28)27(10-15-6-3-7-29-15)21(24-16)31-11-17-25-19(26-30-17)13-4-2-5-14(22)9-13/h2-9,23H,10-11H2,1H3. The van der Waals surface area contributed by atoms with E-state index in [0.29, 0.717) is 45.0 Å². The van der Waals surface area contributed by atoms with Crippen LogP contribution in [0.5, 0.6) is 0 Å². The van der Waals surface area contributed by atoms with E-state index in [9.17, 15) is 9.18 Å². The van der Waals surface area contributed by atoms with Crippen LogP contribution in [-0.2, 0) is 12.3 Å². The van der Waals surface area contributed by atoms with E-state index >= 15 is 0 Å². The van der Waals surface area contributed by atoms with E-state index in [1.54, 1.807) is 35.1 Å². The molecule has 0 unspecified atom stereocenters. The van der Waals surface area contributed by atoms with Crippen LogP contribution in [0.3, 0.4) is 0 Å². The van der Waals surface area contributed by atoms with E-state index in [2.05, 4.69) is 20.1 Å². The predicted molar refractivity (Wildman–Crippen MR) is 112 cm³/mol. The van der Waals surface area contributed by atoms with Crippen LogP contribution in [0, 0.1) is 12.7 Å². The Kier molecular flexibility index (Phi) is 4.91. The number of aromatic nitrogens is 5. The third-order valence-corrected chi connectivity index (χ3v) is 5.57. The summed E-state index contributed by atoms with van der Waals surface area (Å²) in [6.07, 6.45) is 1.56. The lowest BCUT2D eigenvalue weighted by Gasteiger charge is -2.09. The van der Waals surface area contributed by atoms with Gasteiger partial charge in [-0.3, -0.25) is 9.36 Å². The van der Waals surface area contributed by atoms with E-state index < -0.39 is 0 Å². The summed E-state index contributed by atoms with van der Waals surface area (Å²) >= 11 is 1.30. The second-order valence-electron chi connectivity index (χ2n) is 6.89. The Hall–Kier alpha value is -3.66. The van der Waals surface area contributed by atoms with Gasteiger partial charge in [0, 0.05) is 11.3 Å². The summed E-state index contributed by atoms with van der Waals surface area (Å²) in [5.41, 5.74) is 2.22. The molecule has 0 radical (unpaired) electrons. The molecule has 1 aromatic carbocycles. The number of furan rings is 1. The van der Waals surface area contributed by atoms with Crippen molar-refractivity contribution >= 4 is 22.8 Å². The molecule has 31 heavy (non-hydrogen) atoms. The molecule has 0 amide bonds. The van der Waals surface area contributed by atoms with Gasteiger partial charge in [0.2, 0.25) is 11.7 Å². The van der Waals surface area contributed by atoms with Crippen molar-refractivity contribution in [2.45, 2.75) is 24.4 Å². The van der Waals surface area contributed by atoms with Crippen LogP contribution in [0.2, 0.25) is 0 Å². The Labute approximate surface area is 179 Å². The third kappa shape index (κ3) is 3.89. The summed E-state index contributed by atoms with van der Waals surface area (Å²) in [7, 11) is 0. The van der Waals surface area contributed by atoms with Gasteiger partial charge in [-0.25, -0.2) is 9.37 Å². The average Bonchev–Trinajstić information content (AvgIpc) is 3.50. The maximum atomic E-state index is 13.5. The lowest BCUT2D eigenvalue weighted by Crippen LogP contribution is -2.23. The summed E-state index contributed by atoms with van der Waals surface area (Å²) in [6.45, 7) is 2.12. The minimum absolute atomic E-state index is 0.192. The van der Waals surface area contributed by atoms with Gasteiger partial charge < -0.3 is 13.9 Å². The quantitative estimate of drug-likeness (QED) is 0.314. The van der Waals surface area contributed by atoms with Gasteiger partial charge in [0.15, 0.2) is 5.16 Å². The molecule has 0 aliphatic rings. The first-order chi connectivity index (χ1) is 15.1. The number of benzene rings is 1. The SMILES string of the molecule is Cc1cc2nc(SCc3nc(-c4cccc(F)c4)no3)n(Cc3ccco3)c(=O)c2[nH]1. The van der Waals surface area contributed by atoms with Gasteiger partial charge in [-0.2, -0.15) is 4.98 Å². The highest BCUT2D eigenvalue weighted by Crippen LogP contribution is 2.24. The van der Waals surface area contributed by atoms with Crippen molar-refractivity contribution < 1.29 is 13.3 Å². The molecule has 0 saturated heterocycles. The van der Waals surface area contributed by atoms with Gasteiger partial charge in [0.25, 0.3) is 5.56 Å².